The standard InChI is InChI=1S/C25H23FN4O4/c1-3-29(24(32)22-5-4-14-34-22)16-23(31)28-25-27-21(17-6-12-20(33-2)13-7-17)15-30(25)19-10-8-18(26)9-11-19/h4-15H,3,16H2,1-2H3,(H,27,28,31). The lowest BCUT2D eigenvalue weighted by atomic mass is 10.1. The van der Waals surface area contributed by atoms with Gasteiger partial charge in [0.2, 0.25) is 11.9 Å². The molecule has 34 heavy (non-hydrogen) atoms. The molecular weight excluding hydrogens is 439 g/mol. The van der Waals surface area contributed by atoms with E-state index in [2.05, 4.69) is 10.3 Å². The second kappa shape index (κ2) is 10.0. The van der Waals surface area contributed by atoms with E-state index in [1.807, 2.05) is 24.3 Å². The summed E-state index contributed by atoms with van der Waals surface area (Å²) in [7, 11) is 1.59. The Balaban J connectivity index is 1.61. The van der Waals surface area contributed by atoms with Crippen LogP contribution >= 0.6 is 0 Å². The lowest BCUT2D eigenvalue weighted by Gasteiger charge is -2.19. The molecule has 4 aromatic rings. The molecule has 0 atom stereocenters. The van der Waals surface area contributed by atoms with E-state index in [1.165, 1.54) is 23.3 Å². The van der Waals surface area contributed by atoms with Crippen LogP contribution in [-0.4, -0.2) is 46.5 Å². The van der Waals surface area contributed by atoms with Gasteiger partial charge in [-0.2, -0.15) is 0 Å². The first-order valence-electron chi connectivity index (χ1n) is 10.6. The number of nitrogens with zero attached hydrogens (tertiary/aromatic N) is 3. The minimum absolute atomic E-state index is 0.157. The quantitative estimate of drug-likeness (QED) is 0.420. The molecular formula is C25H23FN4O4. The summed E-state index contributed by atoms with van der Waals surface area (Å²) in [6.45, 7) is 1.90. The first kappa shape index (κ1) is 22.8. The highest BCUT2D eigenvalue weighted by atomic mass is 19.1. The van der Waals surface area contributed by atoms with Crippen LogP contribution in [-0.2, 0) is 4.79 Å². The maximum absolute atomic E-state index is 13.5. The van der Waals surface area contributed by atoms with Crippen LogP contribution in [0.4, 0.5) is 10.3 Å². The minimum atomic E-state index is -0.433. The molecule has 2 aromatic carbocycles. The van der Waals surface area contributed by atoms with Crippen molar-refractivity contribution in [2.24, 2.45) is 0 Å². The molecule has 1 N–H and O–H groups in total. The summed E-state index contributed by atoms with van der Waals surface area (Å²) in [4.78, 5) is 31.4. The Bertz CT molecular complexity index is 1270. The van der Waals surface area contributed by atoms with E-state index in [-0.39, 0.29) is 30.0 Å². The Morgan fingerprint density at radius 3 is 2.47 bits per heavy atom. The normalized spacial score (nSPS) is 10.7. The van der Waals surface area contributed by atoms with Crippen molar-refractivity contribution in [3.8, 4) is 22.7 Å². The Hall–Kier alpha value is -4.40. The summed E-state index contributed by atoms with van der Waals surface area (Å²) in [5.41, 5.74) is 2.02. The van der Waals surface area contributed by atoms with Crippen LogP contribution in [0.25, 0.3) is 16.9 Å². The van der Waals surface area contributed by atoms with Gasteiger partial charge in [0.15, 0.2) is 5.76 Å². The SMILES string of the molecule is CCN(CC(=O)Nc1nc(-c2ccc(OC)cc2)cn1-c1ccc(F)cc1)C(=O)c1ccco1. The molecule has 0 fully saturated rings. The van der Waals surface area contributed by atoms with E-state index in [1.54, 1.807) is 49.1 Å². The van der Waals surface area contributed by atoms with Crippen LogP contribution in [0.15, 0.2) is 77.5 Å². The number of carbonyl (C=O) groups is 2. The number of rotatable bonds is 8. The smallest absolute Gasteiger partial charge is 0.290 e. The number of aromatic nitrogens is 2. The average Bonchev–Trinajstić information content (AvgIpc) is 3.53. The highest BCUT2D eigenvalue weighted by Gasteiger charge is 2.21. The number of anilines is 1. The van der Waals surface area contributed by atoms with Crippen molar-refractivity contribution in [3.63, 3.8) is 0 Å². The van der Waals surface area contributed by atoms with Gasteiger partial charge in [-0.15, -0.1) is 0 Å². The highest BCUT2D eigenvalue weighted by Crippen LogP contribution is 2.26. The summed E-state index contributed by atoms with van der Waals surface area (Å²) >= 11 is 0. The number of nitrogens with one attached hydrogen (secondary N) is 1. The molecule has 9 heteroatoms. The predicted molar refractivity (Wildman–Crippen MR) is 124 cm³/mol. The molecule has 0 radical (unpaired) electrons. The Morgan fingerprint density at radius 2 is 1.85 bits per heavy atom. The fourth-order valence-electron chi connectivity index (χ4n) is 3.39. The molecule has 0 bridgehead atoms. The van der Waals surface area contributed by atoms with Gasteiger partial charge in [0.1, 0.15) is 18.1 Å². The van der Waals surface area contributed by atoms with Gasteiger partial charge in [-0.25, -0.2) is 9.37 Å². The monoisotopic (exact) mass is 462 g/mol. The summed E-state index contributed by atoms with van der Waals surface area (Å²) in [6, 6.07) is 16.3. The van der Waals surface area contributed by atoms with E-state index in [0.29, 0.717) is 23.7 Å². The summed E-state index contributed by atoms with van der Waals surface area (Å²) in [5.74, 6) is -0.0930. The zero-order valence-corrected chi connectivity index (χ0v) is 18.7. The summed E-state index contributed by atoms with van der Waals surface area (Å²) in [6.07, 6.45) is 3.15. The van der Waals surface area contributed by atoms with Crippen molar-refractivity contribution in [2.45, 2.75) is 6.92 Å². The molecule has 8 nitrogen and oxygen atoms in total. The lowest BCUT2D eigenvalue weighted by molar-refractivity contribution is -0.116. The molecule has 0 saturated heterocycles. The zero-order valence-electron chi connectivity index (χ0n) is 18.7. The van der Waals surface area contributed by atoms with Gasteiger partial charge in [-0.3, -0.25) is 19.5 Å². The molecule has 2 heterocycles. The van der Waals surface area contributed by atoms with Gasteiger partial charge >= 0.3 is 0 Å². The number of carbonyl (C=O) groups excluding carboxylic acids is 2. The van der Waals surface area contributed by atoms with Crippen molar-refractivity contribution in [3.05, 3.63) is 84.7 Å². The van der Waals surface area contributed by atoms with Crippen LogP contribution in [0.1, 0.15) is 17.5 Å². The minimum Gasteiger partial charge on any atom is -0.497 e. The van der Waals surface area contributed by atoms with Gasteiger partial charge in [-0.1, -0.05) is 0 Å². The van der Waals surface area contributed by atoms with Gasteiger partial charge in [0.05, 0.1) is 19.1 Å². The van der Waals surface area contributed by atoms with Crippen LogP contribution in [0, 0.1) is 5.82 Å². The molecule has 0 aliphatic carbocycles. The number of benzene rings is 2. The number of halogens is 1. The predicted octanol–water partition coefficient (Wildman–Crippen LogP) is 4.38. The van der Waals surface area contributed by atoms with Gasteiger partial charge in [0.25, 0.3) is 5.91 Å². The average molecular weight is 462 g/mol. The number of hydrogen-bond donors (Lipinski definition) is 1. The van der Waals surface area contributed by atoms with E-state index in [4.69, 9.17) is 9.15 Å². The molecule has 2 aromatic heterocycles. The molecule has 0 aliphatic rings. The van der Waals surface area contributed by atoms with Crippen molar-refractivity contribution in [2.75, 3.05) is 25.5 Å². The summed E-state index contributed by atoms with van der Waals surface area (Å²) < 4.78 is 25.5. The van der Waals surface area contributed by atoms with Crippen LogP contribution < -0.4 is 10.1 Å². The number of imidazole rings is 1. The van der Waals surface area contributed by atoms with E-state index in [0.717, 1.165) is 5.56 Å². The molecule has 2 amide bonds. The second-order valence-electron chi connectivity index (χ2n) is 7.37. The largest absolute Gasteiger partial charge is 0.497 e. The Morgan fingerprint density at radius 1 is 1.12 bits per heavy atom. The molecule has 4 rings (SSSR count). The number of methoxy groups -OCH3 is 1. The van der Waals surface area contributed by atoms with Gasteiger partial charge in [0, 0.05) is 24.0 Å². The van der Waals surface area contributed by atoms with Crippen molar-refractivity contribution in [1.29, 1.82) is 0 Å². The maximum atomic E-state index is 13.5. The topological polar surface area (TPSA) is 89.6 Å². The van der Waals surface area contributed by atoms with Gasteiger partial charge in [-0.05, 0) is 67.6 Å². The number of furan rings is 1. The first-order chi connectivity index (χ1) is 16.5. The zero-order chi connectivity index (χ0) is 24.1. The van der Waals surface area contributed by atoms with E-state index >= 15 is 0 Å². The number of hydrogen-bond acceptors (Lipinski definition) is 5. The molecule has 174 valence electrons. The maximum Gasteiger partial charge on any atom is 0.290 e. The highest BCUT2D eigenvalue weighted by molar-refractivity contribution is 5.97. The number of ether oxygens (including phenoxy) is 1. The van der Waals surface area contributed by atoms with Crippen LogP contribution in [0.2, 0.25) is 0 Å². The fourth-order valence-corrected chi connectivity index (χ4v) is 3.39. The van der Waals surface area contributed by atoms with Crippen molar-refractivity contribution >= 4 is 17.8 Å². The molecule has 0 saturated carbocycles. The van der Waals surface area contributed by atoms with Crippen molar-refractivity contribution in [1.82, 2.24) is 14.5 Å². The third-order valence-corrected chi connectivity index (χ3v) is 5.18. The molecule has 0 aliphatic heterocycles. The van der Waals surface area contributed by atoms with Crippen LogP contribution in [0.5, 0.6) is 5.75 Å². The molecule has 0 unspecified atom stereocenters. The number of amides is 2. The second-order valence-corrected chi connectivity index (χ2v) is 7.37. The third-order valence-electron chi connectivity index (χ3n) is 5.18. The van der Waals surface area contributed by atoms with Crippen LogP contribution in [0.3, 0.4) is 0 Å². The Kier molecular flexibility index (Phi) is 6.72. The number of likely N-dealkylation sites (N-methyl/N-ethyl adjacent to an activating group) is 1. The summed E-state index contributed by atoms with van der Waals surface area (Å²) in [5, 5.41) is 2.77. The van der Waals surface area contributed by atoms with Gasteiger partial charge < -0.3 is 14.1 Å². The fraction of sp³-hybridized carbons (Fsp3) is 0.160. The Labute approximate surface area is 195 Å². The first-order valence-corrected chi connectivity index (χ1v) is 10.6. The van der Waals surface area contributed by atoms with E-state index < -0.39 is 5.91 Å². The lowest BCUT2D eigenvalue weighted by Crippen LogP contribution is -2.38. The molecule has 0 spiro atoms. The van der Waals surface area contributed by atoms with Crippen molar-refractivity contribution < 1.29 is 23.1 Å². The van der Waals surface area contributed by atoms with E-state index in [9.17, 15) is 14.0 Å². The third kappa shape index (κ3) is 4.98.